The van der Waals surface area contributed by atoms with E-state index in [1.807, 2.05) is 31.2 Å². The normalized spacial score (nSPS) is 10.5. The number of pyridine rings is 1. The van der Waals surface area contributed by atoms with Gasteiger partial charge in [-0.05, 0) is 50.2 Å². The minimum atomic E-state index is -0.449. The summed E-state index contributed by atoms with van der Waals surface area (Å²) < 4.78 is 4.70. The maximum atomic E-state index is 12.6. The zero-order valence-electron chi connectivity index (χ0n) is 14.3. The molecule has 0 aliphatic carbocycles. The fourth-order valence-corrected chi connectivity index (χ4v) is 2.66. The van der Waals surface area contributed by atoms with Crippen molar-refractivity contribution in [3.63, 3.8) is 0 Å². The van der Waals surface area contributed by atoms with Crippen LogP contribution in [0.1, 0.15) is 32.0 Å². The lowest BCUT2D eigenvalue weighted by molar-refractivity contribution is 0.0600. The molecule has 0 aliphatic rings. The number of nitrogens with zero attached hydrogens (tertiary/aromatic N) is 1. The number of fused-ring (bicyclic) bond motifs is 1. The van der Waals surface area contributed by atoms with Crippen molar-refractivity contribution in [3.05, 3.63) is 70.9 Å². The lowest BCUT2D eigenvalue weighted by atomic mass is 10.1. The Kier molecular flexibility index (Phi) is 4.48. The minimum absolute atomic E-state index is 0.268. The van der Waals surface area contributed by atoms with Crippen LogP contribution in [0.2, 0.25) is 0 Å². The number of rotatable bonds is 3. The highest BCUT2D eigenvalue weighted by Gasteiger charge is 2.13. The first-order chi connectivity index (χ1) is 12.0. The molecule has 0 aliphatic heterocycles. The highest BCUT2D eigenvalue weighted by atomic mass is 16.5. The largest absolute Gasteiger partial charge is 0.465 e. The molecule has 5 heteroatoms. The van der Waals surface area contributed by atoms with Gasteiger partial charge in [0, 0.05) is 11.1 Å². The molecule has 0 radical (unpaired) electrons. The summed E-state index contributed by atoms with van der Waals surface area (Å²) >= 11 is 0. The number of aromatic nitrogens is 1. The second kappa shape index (κ2) is 6.73. The number of benzene rings is 2. The maximum absolute atomic E-state index is 12.6. The number of nitrogens with one attached hydrogen (secondary N) is 1. The molecule has 3 aromatic rings. The van der Waals surface area contributed by atoms with Crippen LogP contribution in [0.4, 0.5) is 5.69 Å². The molecule has 0 spiro atoms. The summed E-state index contributed by atoms with van der Waals surface area (Å²) in [5, 5.41) is 3.73. The Morgan fingerprint density at radius 2 is 1.84 bits per heavy atom. The summed E-state index contributed by atoms with van der Waals surface area (Å²) in [6.45, 7) is 3.80. The quantitative estimate of drug-likeness (QED) is 0.738. The molecule has 0 fully saturated rings. The number of aryl methyl sites for hydroxylation is 2. The van der Waals surface area contributed by atoms with E-state index in [1.54, 1.807) is 31.2 Å². The molecule has 1 N–H and O–H groups in total. The number of carbonyl (C=O) groups excluding carboxylic acids is 2. The van der Waals surface area contributed by atoms with Crippen molar-refractivity contribution in [2.24, 2.45) is 0 Å². The molecule has 0 saturated carbocycles. The number of carbonyl (C=O) groups is 2. The van der Waals surface area contributed by atoms with E-state index in [-0.39, 0.29) is 5.91 Å². The van der Waals surface area contributed by atoms with E-state index in [9.17, 15) is 9.59 Å². The topological polar surface area (TPSA) is 68.3 Å². The van der Waals surface area contributed by atoms with Crippen LogP contribution in [-0.2, 0) is 4.74 Å². The number of hydrogen-bond donors (Lipinski definition) is 1. The molecule has 1 amide bonds. The Morgan fingerprint density at radius 1 is 1.04 bits per heavy atom. The molecular formula is C20H18N2O3. The van der Waals surface area contributed by atoms with E-state index in [2.05, 4.69) is 10.3 Å². The van der Waals surface area contributed by atoms with E-state index in [4.69, 9.17) is 4.74 Å². The van der Waals surface area contributed by atoms with Crippen LogP contribution in [0.3, 0.4) is 0 Å². The third-order valence-electron chi connectivity index (χ3n) is 3.95. The highest BCUT2D eigenvalue weighted by Crippen LogP contribution is 2.20. The first kappa shape index (κ1) is 16.6. The van der Waals surface area contributed by atoms with E-state index in [0.717, 1.165) is 16.5 Å². The van der Waals surface area contributed by atoms with Crippen LogP contribution in [0.25, 0.3) is 10.9 Å². The van der Waals surface area contributed by atoms with E-state index >= 15 is 0 Å². The third-order valence-corrected chi connectivity index (χ3v) is 3.95. The number of anilines is 1. The van der Waals surface area contributed by atoms with Gasteiger partial charge in [0.1, 0.15) is 0 Å². The van der Waals surface area contributed by atoms with Crippen LogP contribution in [0.5, 0.6) is 0 Å². The zero-order chi connectivity index (χ0) is 18.0. The Balaban J connectivity index is 1.92. The lowest BCUT2D eigenvalue weighted by Gasteiger charge is -2.10. The Bertz CT molecular complexity index is 980. The molecule has 2 aromatic carbocycles. The van der Waals surface area contributed by atoms with Crippen LogP contribution in [0.15, 0.2) is 48.5 Å². The zero-order valence-corrected chi connectivity index (χ0v) is 14.3. The molecule has 0 unspecified atom stereocenters. The predicted molar refractivity (Wildman–Crippen MR) is 97.0 cm³/mol. The number of hydrogen-bond acceptors (Lipinski definition) is 4. The van der Waals surface area contributed by atoms with Gasteiger partial charge in [-0.3, -0.25) is 9.78 Å². The van der Waals surface area contributed by atoms with E-state index < -0.39 is 5.97 Å². The number of esters is 1. The summed E-state index contributed by atoms with van der Waals surface area (Å²) in [7, 11) is 1.32. The molecule has 1 aromatic heterocycles. The van der Waals surface area contributed by atoms with Crippen LogP contribution >= 0.6 is 0 Å². The second-order valence-corrected chi connectivity index (χ2v) is 5.84. The van der Waals surface area contributed by atoms with Crippen molar-refractivity contribution >= 4 is 28.5 Å². The van der Waals surface area contributed by atoms with Crippen molar-refractivity contribution in [1.82, 2.24) is 4.98 Å². The van der Waals surface area contributed by atoms with Crippen LogP contribution in [-0.4, -0.2) is 24.0 Å². The molecule has 1 heterocycles. The lowest BCUT2D eigenvalue weighted by Crippen LogP contribution is -2.14. The van der Waals surface area contributed by atoms with Crippen molar-refractivity contribution in [2.45, 2.75) is 13.8 Å². The van der Waals surface area contributed by atoms with Crippen molar-refractivity contribution in [1.29, 1.82) is 0 Å². The number of methoxy groups -OCH3 is 1. The van der Waals surface area contributed by atoms with Crippen molar-refractivity contribution in [3.8, 4) is 0 Å². The second-order valence-electron chi connectivity index (χ2n) is 5.84. The van der Waals surface area contributed by atoms with Crippen molar-refractivity contribution < 1.29 is 14.3 Å². The minimum Gasteiger partial charge on any atom is -0.465 e. The van der Waals surface area contributed by atoms with Gasteiger partial charge in [0.2, 0.25) is 0 Å². The average molecular weight is 334 g/mol. The van der Waals surface area contributed by atoms with Gasteiger partial charge in [0.05, 0.1) is 29.4 Å². The summed E-state index contributed by atoms with van der Waals surface area (Å²) in [4.78, 5) is 28.8. The van der Waals surface area contributed by atoms with Gasteiger partial charge in [-0.2, -0.15) is 0 Å². The monoisotopic (exact) mass is 334 g/mol. The number of amides is 1. The molecule has 3 rings (SSSR count). The standard InChI is InChI=1S/C20H18N2O3/c1-12-7-8-18-15(9-12)11-17(13(2)21-18)19(23)22-16-6-4-5-14(10-16)20(24)25-3/h4-11H,1-3H3,(H,22,23). The Labute approximate surface area is 145 Å². The summed E-state index contributed by atoms with van der Waals surface area (Å²) in [6, 6.07) is 14.4. The summed E-state index contributed by atoms with van der Waals surface area (Å²) in [6.07, 6.45) is 0. The summed E-state index contributed by atoms with van der Waals surface area (Å²) in [5.41, 5.74) is 4.02. The van der Waals surface area contributed by atoms with Crippen LogP contribution in [0, 0.1) is 13.8 Å². The Hall–Kier alpha value is -3.21. The molecule has 5 nitrogen and oxygen atoms in total. The Morgan fingerprint density at radius 3 is 2.60 bits per heavy atom. The first-order valence-electron chi connectivity index (χ1n) is 7.85. The fraction of sp³-hybridized carbons (Fsp3) is 0.150. The highest BCUT2D eigenvalue weighted by molar-refractivity contribution is 6.07. The molecular weight excluding hydrogens is 316 g/mol. The van der Waals surface area contributed by atoms with Gasteiger partial charge in [-0.15, -0.1) is 0 Å². The summed E-state index contributed by atoms with van der Waals surface area (Å²) in [5.74, 6) is -0.717. The maximum Gasteiger partial charge on any atom is 0.337 e. The molecule has 0 saturated heterocycles. The molecule has 25 heavy (non-hydrogen) atoms. The van der Waals surface area contributed by atoms with Crippen molar-refractivity contribution in [2.75, 3.05) is 12.4 Å². The van der Waals surface area contributed by atoms with Gasteiger partial charge in [-0.25, -0.2) is 4.79 Å². The van der Waals surface area contributed by atoms with Gasteiger partial charge in [0.25, 0.3) is 5.91 Å². The van der Waals surface area contributed by atoms with Gasteiger partial charge < -0.3 is 10.1 Å². The fourth-order valence-electron chi connectivity index (χ4n) is 2.66. The third kappa shape index (κ3) is 3.50. The smallest absolute Gasteiger partial charge is 0.337 e. The molecule has 0 bridgehead atoms. The van der Waals surface area contributed by atoms with E-state index in [1.165, 1.54) is 7.11 Å². The predicted octanol–water partition coefficient (Wildman–Crippen LogP) is 3.89. The number of ether oxygens (including phenoxy) is 1. The van der Waals surface area contributed by atoms with Gasteiger partial charge >= 0.3 is 5.97 Å². The van der Waals surface area contributed by atoms with Crippen LogP contribution < -0.4 is 5.32 Å². The SMILES string of the molecule is COC(=O)c1cccc(NC(=O)c2cc3cc(C)ccc3nc2C)c1. The van der Waals surface area contributed by atoms with Gasteiger partial charge in [-0.1, -0.05) is 17.7 Å². The molecule has 126 valence electrons. The van der Waals surface area contributed by atoms with E-state index in [0.29, 0.717) is 22.5 Å². The van der Waals surface area contributed by atoms with Gasteiger partial charge in [0.15, 0.2) is 0 Å². The average Bonchev–Trinajstić information content (AvgIpc) is 2.61. The molecule has 0 atom stereocenters. The first-order valence-corrected chi connectivity index (χ1v) is 7.85.